The summed E-state index contributed by atoms with van der Waals surface area (Å²) in [7, 11) is -3.09. The molecule has 0 aliphatic carbocycles. The molecule has 0 heterocycles. The van der Waals surface area contributed by atoms with E-state index < -0.39 is 7.14 Å². The molecule has 3 aromatic rings. The van der Waals surface area contributed by atoms with Crippen molar-refractivity contribution in [3.8, 4) is 0 Å². The van der Waals surface area contributed by atoms with E-state index in [-0.39, 0.29) is 0 Å². The molecule has 0 unspecified atom stereocenters. The normalized spacial score (nSPS) is 10.5. The minimum Gasteiger partial charge on any atom is -0.306 e. The lowest BCUT2D eigenvalue weighted by Gasteiger charge is -2.11. The number of hydrogen-bond donors (Lipinski definition) is 0. The van der Waals surface area contributed by atoms with Crippen LogP contribution in [0.5, 0.6) is 0 Å². The Balaban J connectivity index is 0.000000212. The summed E-state index contributed by atoms with van der Waals surface area (Å²) in [6.45, 7) is 6.44. The first-order chi connectivity index (χ1) is 12.0. The molecule has 0 radical (unpaired) electrons. The van der Waals surface area contributed by atoms with Gasteiger partial charge in [0.05, 0.1) is 0 Å². The molecule has 3 heteroatoms. The van der Waals surface area contributed by atoms with Gasteiger partial charge in [-0.05, 0) is 37.5 Å². The Labute approximate surface area is 149 Å². The third-order valence-corrected chi connectivity index (χ3v) is 6.73. The minimum atomic E-state index is -3.09. The Hall–Kier alpha value is -2.44. The van der Waals surface area contributed by atoms with Gasteiger partial charge in [-0.15, -0.1) is 0 Å². The fourth-order valence-corrected chi connectivity index (χ4v) is 4.24. The maximum Gasteiger partial charge on any atom is 0.201 e. The number of hydrogen-bond acceptors (Lipinski definition) is 2. The first kappa shape index (κ1) is 18.9. The first-order valence-electron chi connectivity index (χ1n) is 8.19. The maximum absolute atomic E-state index is 12.6. The Morgan fingerprint density at radius 2 is 1.04 bits per heavy atom. The lowest BCUT2D eigenvalue weighted by atomic mass is 10.1. The topological polar surface area (TPSA) is 34.1 Å². The molecular weight excluding hydrogens is 327 g/mol. The summed E-state index contributed by atoms with van der Waals surface area (Å²) in [5.41, 5.74) is 4.18. The SMILES string of the molecule is Cc1cccc(C)c1C.O=CP(=O)(c1ccccc1)c1ccccc1. The van der Waals surface area contributed by atoms with Gasteiger partial charge in [-0.3, -0.25) is 4.79 Å². The van der Waals surface area contributed by atoms with E-state index in [0.717, 1.165) is 0 Å². The Kier molecular flexibility index (Phi) is 6.50. The molecule has 25 heavy (non-hydrogen) atoms. The zero-order valence-corrected chi connectivity index (χ0v) is 15.7. The highest BCUT2D eigenvalue weighted by atomic mass is 31.2. The van der Waals surface area contributed by atoms with Crippen LogP contribution < -0.4 is 10.6 Å². The van der Waals surface area contributed by atoms with Gasteiger partial charge in [-0.2, -0.15) is 0 Å². The second-order valence-corrected chi connectivity index (χ2v) is 8.51. The van der Waals surface area contributed by atoms with Gasteiger partial charge < -0.3 is 4.57 Å². The Morgan fingerprint density at radius 1 is 0.640 bits per heavy atom. The zero-order chi connectivity index (χ0) is 18.3. The number of rotatable bonds is 3. The summed E-state index contributed by atoms with van der Waals surface area (Å²) < 4.78 is 12.6. The monoisotopic (exact) mass is 350 g/mol. The van der Waals surface area contributed by atoms with Crippen LogP contribution in [0.2, 0.25) is 0 Å². The van der Waals surface area contributed by atoms with Crippen molar-refractivity contribution in [2.75, 3.05) is 0 Å². The lowest BCUT2D eigenvalue weighted by Crippen LogP contribution is -2.16. The predicted octanol–water partition coefficient (Wildman–Crippen LogP) is 4.80. The molecule has 2 nitrogen and oxygen atoms in total. The zero-order valence-electron chi connectivity index (χ0n) is 14.8. The third kappa shape index (κ3) is 4.55. The van der Waals surface area contributed by atoms with Crippen LogP contribution in [0.25, 0.3) is 0 Å². The average molecular weight is 350 g/mol. The van der Waals surface area contributed by atoms with Crippen molar-refractivity contribution in [3.63, 3.8) is 0 Å². The van der Waals surface area contributed by atoms with Crippen LogP contribution in [-0.4, -0.2) is 6.03 Å². The van der Waals surface area contributed by atoms with Gasteiger partial charge in [0.1, 0.15) is 0 Å². The van der Waals surface area contributed by atoms with Crippen molar-refractivity contribution in [1.29, 1.82) is 0 Å². The lowest BCUT2D eigenvalue weighted by molar-refractivity contribution is 0.557. The van der Waals surface area contributed by atoms with Crippen LogP contribution in [-0.2, 0) is 9.36 Å². The standard InChI is InChI=1S/C13H11O2P.C9H12/c14-11-16(15,12-7-3-1-4-8-12)13-9-5-2-6-10-13;1-7-5-4-6-8(2)9(7)3/h1-11H;4-6H,1-3H3. The molecule has 0 amide bonds. The van der Waals surface area contributed by atoms with Gasteiger partial charge in [0.25, 0.3) is 0 Å². The molecule has 0 aromatic heterocycles. The van der Waals surface area contributed by atoms with Gasteiger partial charge in [-0.25, -0.2) is 0 Å². The number of carbonyl (C=O) groups excluding carboxylic acids is 1. The second kappa shape index (κ2) is 8.60. The number of aryl methyl sites for hydroxylation is 2. The largest absolute Gasteiger partial charge is 0.306 e. The Bertz CT molecular complexity index is 807. The van der Waals surface area contributed by atoms with E-state index in [1.54, 1.807) is 48.5 Å². The van der Waals surface area contributed by atoms with Crippen molar-refractivity contribution < 1.29 is 9.36 Å². The van der Waals surface area contributed by atoms with E-state index in [1.807, 2.05) is 12.1 Å². The van der Waals surface area contributed by atoms with E-state index in [4.69, 9.17) is 0 Å². The van der Waals surface area contributed by atoms with Crippen molar-refractivity contribution in [2.45, 2.75) is 20.8 Å². The minimum absolute atomic E-state index is 0.567. The molecule has 0 saturated heterocycles. The molecule has 0 N–H and O–H groups in total. The van der Waals surface area contributed by atoms with Crippen LogP contribution in [0.15, 0.2) is 78.9 Å². The van der Waals surface area contributed by atoms with Crippen molar-refractivity contribution >= 4 is 23.8 Å². The van der Waals surface area contributed by atoms with Gasteiger partial charge >= 0.3 is 0 Å². The molecular formula is C22H23O2P. The Morgan fingerprint density at radius 3 is 1.36 bits per heavy atom. The van der Waals surface area contributed by atoms with Crippen molar-refractivity contribution in [2.24, 2.45) is 0 Å². The molecule has 3 aromatic carbocycles. The van der Waals surface area contributed by atoms with E-state index in [0.29, 0.717) is 16.6 Å². The van der Waals surface area contributed by atoms with Crippen LogP contribution in [0, 0.1) is 20.8 Å². The average Bonchev–Trinajstić information content (AvgIpc) is 2.67. The number of benzene rings is 3. The highest BCUT2D eigenvalue weighted by molar-refractivity contribution is 7.91. The predicted molar refractivity (Wildman–Crippen MR) is 107 cm³/mol. The summed E-state index contributed by atoms with van der Waals surface area (Å²) in [6, 6.07) is 24.7. The van der Waals surface area contributed by atoms with Crippen molar-refractivity contribution in [1.82, 2.24) is 0 Å². The molecule has 128 valence electrons. The van der Waals surface area contributed by atoms with Gasteiger partial charge in [0.2, 0.25) is 7.14 Å². The fraction of sp³-hybridized carbons (Fsp3) is 0.136. The molecule has 0 aliphatic heterocycles. The van der Waals surface area contributed by atoms with E-state index >= 15 is 0 Å². The van der Waals surface area contributed by atoms with Crippen LogP contribution in [0.4, 0.5) is 0 Å². The van der Waals surface area contributed by atoms with Gasteiger partial charge in [0, 0.05) is 10.6 Å². The summed E-state index contributed by atoms with van der Waals surface area (Å²) in [5.74, 6) is 0. The molecule has 3 rings (SSSR count). The van der Waals surface area contributed by atoms with Gasteiger partial charge in [0.15, 0.2) is 6.03 Å². The molecule has 0 bridgehead atoms. The van der Waals surface area contributed by atoms with Crippen molar-refractivity contribution in [3.05, 3.63) is 95.6 Å². The highest BCUT2D eigenvalue weighted by Gasteiger charge is 2.25. The van der Waals surface area contributed by atoms with Crippen LogP contribution >= 0.6 is 7.14 Å². The van der Waals surface area contributed by atoms with E-state index in [2.05, 4.69) is 39.0 Å². The van der Waals surface area contributed by atoms with Gasteiger partial charge in [-0.1, -0.05) is 78.9 Å². The molecule has 0 aliphatic rings. The maximum atomic E-state index is 12.6. The molecule has 0 atom stereocenters. The van der Waals surface area contributed by atoms with E-state index in [1.165, 1.54) is 16.7 Å². The highest BCUT2D eigenvalue weighted by Crippen LogP contribution is 2.39. The first-order valence-corrected chi connectivity index (χ1v) is 9.97. The summed E-state index contributed by atoms with van der Waals surface area (Å²) >= 11 is 0. The molecule has 0 spiro atoms. The summed E-state index contributed by atoms with van der Waals surface area (Å²) in [4.78, 5) is 11.2. The third-order valence-electron chi connectivity index (χ3n) is 4.30. The second-order valence-electron chi connectivity index (χ2n) is 5.95. The number of carbonyl (C=O) groups is 1. The molecule has 0 fully saturated rings. The summed E-state index contributed by atoms with van der Waals surface area (Å²) in [6.07, 6.45) is 0. The smallest absolute Gasteiger partial charge is 0.201 e. The molecule has 0 saturated carbocycles. The quantitative estimate of drug-likeness (QED) is 0.502. The summed E-state index contributed by atoms with van der Waals surface area (Å²) in [5, 5.41) is 1.16. The van der Waals surface area contributed by atoms with Crippen LogP contribution in [0.3, 0.4) is 0 Å². The van der Waals surface area contributed by atoms with E-state index in [9.17, 15) is 9.36 Å². The van der Waals surface area contributed by atoms with Crippen LogP contribution in [0.1, 0.15) is 16.7 Å². The fourth-order valence-electron chi connectivity index (χ4n) is 2.47.